The van der Waals surface area contributed by atoms with Crippen molar-refractivity contribution in [1.29, 1.82) is 0 Å². The maximum Gasteiger partial charge on any atom is 0.339 e. The Kier molecular flexibility index (Phi) is 3.30. The minimum Gasteiger partial charge on any atom is -0.465 e. The lowest BCUT2D eigenvalue weighted by Gasteiger charge is -2.02. The number of ether oxygens (including phenoxy) is 1. The van der Waals surface area contributed by atoms with Crippen molar-refractivity contribution in [1.82, 2.24) is 15.0 Å². The molecule has 0 N–H and O–H groups in total. The molecule has 5 nitrogen and oxygen atoms in total. The first-order valence-corrected chi connectivity index (χ1v) is 5.11. The number of halogens is 1. The van der Waals surface area contributed by atoms with Gasteiger partial charge in [-0.2, -0.15) is 0 Å². The molecule has 0 amide bonds. The van der Waals surface area contributed by atoms with E-state index in [4.69, 9.17) is 11.6 Å². The van der Waals surface area contributed by atoms with Gasteiger partial charge >= 0.3 is 5.97 Å². The third kappa shape index (κ3) is 2.57. The number of rotatable bonds is 2. The van der Waals surface area contributed by atoms with Gasteiger partial charge in [-0.1, -0.05) is 0 Å². The molecule has 0 atom stereocenters. The molecule has 2 rings (SSSR count). The van der Waals surface area contributed by atoms with Crippen LogP contribution in [-0.2, 0) is 4.74 Å². The lowest BCUT2D eigenvalue weighted by atomic mass is 10.1. The van der Waals surface area contributed by atoms with Crippen LogP contribution in [0.15, 0.2) is 30.7 Å². The van der Waals surface area contributed by atoms with Gasteiger partial charge in [-0.05, 0) is 23.7 Å². The Morgan fingerprint density at radius 1 is 1.41 bits per heavy atom. The van der Waals surface area contributed by atoms with Crippen LogP contribution in [0.3, 0.4) is 0 Å². The summed E-state index contributed by atoms with van der Waals surface area (Å²) in [7, 11) is 1.32. The summed E-state index contributed by atoms with van der Waals surface area (Å²) in [6.07, 6.45) is 4.55. The van der Waals surface area contributed by atoms with E-state index in [9.17, 15) is 4.79 Å². The molecule has 0 saturated carbocycles. The third-order valence-electron chi connectivity index (χ3n) is 2.08. The molecule has 0 bridgehead atoms. The molecule has 0 aromatic carbocycles. The van der Waals surface area contributed by atoms with Gasteiger partial charge in [0, 0.05) is 24.2 Å². The zero-order valence-corrected chi connectivity index (χ0v) is 9.68. The monoisotopic (exact) mass is 249 g/mol. The standard InChI is InChI=1S/C11H8ClN3O2/c1-17-10(16)8-4-7(5-13-6-8)9-2-3-14-11(12)15-9/h2-6H,1H3. The van der Waals surface area contributed by atoms with E-state index in [-0.39, 0.29) is 5.28 Å². The predicted octanol–water partition coefficient (Wildman–Crippen LogP) is 1.98. The summed E-state index contributed by atoms with van der Waals surface area (Å²) < 4.78 is 4.61. The summed E-state index contributed by atoms with van der Waals surface area (Å²) in [6.45, 7) is 0. The van der Waals surface area contributed by atoms with Gasteiger partial charge in [0.1, 0.15) is 0 Å². The molecule has 17 heavy (non-hydrogen) atoms. The van der Waals surface area contributed by atoms with E-state index in [1.807, 2.05) is 0 Å². The number of hydrogen-bond acceptors (Lipinski definition) is 5. The number of carbonyl (C=O) groups excluding carboxylic acids is 1. The summed E-state index contributed by atoms with van der Waals surface area (Å²) in [4.78, 5) is 23.1. The SMILES string of the molecule is COC(=O)c1cncc(-c2ccnc(Cl)n2)c1. The molecule has 0 spiro atoms. The highest BCUT2D eigenvalue weighted by Crippen LogP contribution is 2.18. The van der Waals surface area contributed by atoms with E-state index in [1.165, 1.54) is 19.5 Å². The van der Waals surface area contributed by atoms with Crippen LogP contribution in [-0.4, -0.2) is 28.0 Å². The molecule has 0 aliphatic rings. The average Bonchev–Trinajstić information content (AvgIpc) is 2.38. The van der Waals surface area contributed by atoms with Crippen molar-refractivity contribution in [2.24, 2.45) is 0 Å². The van der Waals surface area contributed by atoms with Crippen LogP contribution in [0.2, 0.25) is 5.28 Å². The molecular formula is C11H8ClN3O2. The summed E-state index contributed by atoms with van der Waals surface area (Å²) in [6, 6.07) is 3.32. The van der Waals surface area contributed by atoms with Crippen molar-refractivity contribution in [2.75, 3.05) is 7.11 Å². The highest BCUT2D eigenvalue weighted by atomic mass is 35.5. The van der Waals surface area contributed by atoms with Gasteiger partial charge in [-0.15, -0.1) is 0 Å². The van der Waals surface area contributed by atoms with Crippen molar-refractivity contribution in [3.63, 3.8) is 0 Å². The van der Waals surface area contributed by atoms with E-state index in [1.54, 1.807) is 18.3 Å². The normalized spacial score (nSPS) is 10.0. The van der Waals surface area contributed by atoms with Crippen LogP contribution in [0.5, 0.6) is 0 Å². The van der Waals surface area contributed by atoms with Gasteiger partial charge in [0.25, 0.3) is 0 Å². The zero-order chi connectivity index (χ0) is 12.3. The maximum atomic E-state index is 11.3. The predicted molar refractivity (Wildman–Crippen MR) is 61.6 cm³/mol. The number of methoxy groups -OCH3 is 1. The fourth-order valence-corrected chi connectivity index (χ4v) is 1.45. The van der Waals surface area contributed by atoms with E-state index < -0.39 is 5.97 Å². The Bertz CT molecular complexity index is 560. The van der Waals surface area contributed by atoms with Gasteiger partial charge in [0.05, 0.1) is 18.4 Å². The van der Waals surface area contributed by atoms with Crippen LogP contribution >= 0.6 is 11.6 Å². The number of esters is 1. The average molecular weight is 250 g/mol. The second-order valence-electron chi connectivity index (χ2n) is 3.16. The number of carbonyl (C=O) groups is 1. The van der Waals surface area contributed by atoms with Crippen LogP contribution in [0.25, 0.3) is 11.3 Å². The molecule has 2 heterocycles. The molecule has 2 aromatic heterocycles. The summed E-state index contributed by atoms with van der Waals surface area (Å²) in [5.41, 5.74) is 1.64. The van der Waals surface area contributed by atoms with Gasteiger partial charge in [-0.3, -0.25) is 4.98 Å². The van der Waals surface area contributed by atoms with Crippen molar-refractivity contribution in [2.45, 2.75) is 0 Å². The molecule has 0 fully saturated rings. The summed E-state index contributed by atoms with van der Waals surface area (Å²) in [5.74, 6) is -0.445. The van der Waals surface area contributed by atoms with Gasteiger partial charge in [0.2, 0.25) is 5.28 Å². The molecule has 0 radical (unpaired) electrons. The first-order valence-electron chi connectivity index (χ1n) is 4.73. The Hall–Kier alpha value is -2.01. The second kappa shape index (κ2) is 4.88. The van der Waals surface area contributed by atoms with Gasteiger partial charge < -0.3 is 4.74 Å². The molecular weight excluding hydrogens is 242 g/mol. The molecule has 6 heteroatoms. The quantitative estimate of drug-likeness (QED) is 0.601. The minimum atomic E-state index is -0.445. The van der Waals surface area contributed by atoms with Gasteiger partial charge in [0.15, 0.2) is 0 Å². The lowest BCUT2D eigenvalue weighted by molar-refractivity contribution is 0.0600. The summed E-state index contributed by atoms with van der Waals surface area (Å²) >= 11 is 5.69. The van der Waals surface area contributed by atoms with Gasteiger partial charge in [-0.25, -0.2) is 14.8 Å². The zero-order valence-electron chi connectivity index (χ0n) is 8.92. The van der Waals surface area contributed by atoms with Crippen LogP contribution in [0.4, 0.5) is 0 Å². The molecule has 86 valence electrons. The molecule has 2 aromatic rings. The van der Waals surface area contributed by atoms with Crippen molar-refractivity contribution < 1.29 is 9.53 Å². The largest absolute Gasteiger partial charge is 0.465 e. The van der Waals surface area contributed by atoms with E-state index in [0.29, 0.717) is 16.8 Å². The highest BCUT2D eigenvalue weighted by Gasteiger charge is 2.08. The molecule has 0 aliphatic heterocycles. The summed E-state index contributed by atoms with van der Waals surface area (Å²) in [5, 5.41) is 0.144. The van der Waals surface area contributed by atoms with E-state index in [2.05, 4.69) is 19.7 Å². The second-order valence-corrected chi connectivity index (χ2v) is 3.50. The Morgan fingerprint density at radius 2 is 2.24 bits per heavy atom. The number of hydrogen-bond donors (Lipinski definition) is 0. The van der Waals surface area contributed by atoms with Crippen molar-refractivity contribution in [3.8, 4) is 11.3 Å². The molecule has 0 saturated heterocycles. The maximum absolute atomic E-state index is 11.3. The van der Waals surface area contributed by atoms with Crippen LogP contribution < -0.4 is 0 Å². The first kappa shape index (κ1) is 11.5. The minimum absolute atomic E-state index is 0.144. The smallest absolute Gasteiger partial charge is 0.339 e. The first-order chi connectivity index (χ1) is 8.20. The van der Waals surface area contributed by atoms with E-state index >= 15 is 0 Å². The number of pyridine rings is 1. The number of aromatic nitrogens is 3. The fourth-order valence-electron chi connectivity index (χ4n) is 1.31. The Balaban J connectivity index is 2.43. The van der Waals surface area contributed by atoms with Crippen molar-refractivity contribution >= 4 is 17.6 Å². The topological polar surface area (TPSA) is 65.0 Å². The van der Waals surface area contributed by atoms with Crippen molar-refractivity contribution in [3.05, 3.63) is 41.6 Å². The molecule has 0 aliphatic carbocycles. The Labute approximate surface area is 102 Å². The van der Waals surface area contributed by atoms with Crippen LogP contribution in [0.1, 0.15) is 10.4 Å². The Morgan fingerprint density at radius 3 is 2.94 bits per heavy atom. The number of nitrogens with zero attached hydrogens (tertiary/aromatic N) is 3. The lowest BCUT2D eigenvalue weighted by Crippen LogP contribution is -2.02. The third-order valence-corrected chi connectivity index (χ3v) is 2.26. The van der Waals surface area contributed by atoms with Crippen LogP contribution in [0, 0.1) is 0 Å². The molecule has 0 unspecified atom stereocenters. The van der Waals surface area contributed by atoms with E-state index in [0.717, 1.165) is 0 Å². The fraction of sp³-hybridized carbons (Fsp3) is 0.0909. The highest BCUT2D eigenvalue weighted by molar-refractivity contribution is 6.28.